The molecule has 3 atom stereocenters. The summed E-state index contributed by atoms with van der Waals surface area (Å²) in [7, 11) is 1.90. The van der Waals surface area contributed by atoms with Crippen molar-refractivity contribution in [3.05, 3.63) is 77.9 Å². The van der Waals surface area contributed by atoms with E-state index in [0.29, 0.717) is 18.1 Å². The van der Waals surface area contributed by atoms with Crippen molar-refractivity contribution < 1.29 is 9.90 Å². The molecule has 2 aliphatic rings. The topological polar surface area (TPSA) is 47.0 Å². The molecule has 5 heteroatoms. The van der Waals surface area contributed by atoms with E-state index in [-0.39, 0.29) is 17.7 Å². The van der Waals surface area contributed by atoms with Crippen LogP contribution in [0.1, 0.15) is 54.2 Å². The van der Waals surface area contributed by atoms with Gasteiger partial charge in [0.15, 0.2) is 0 Å². The molecule has 170 valence electrons. The molecule has 32 heavy (non-hydrogen) atoms. The molecule has 1 saturated carbocycles. The van der Waals surface area contributed by atoms with Crippen molar-refractivity contribution in [3.8, 4) is 5.75 Å². The molecular weight excluding hydrogens is 398 g/mol. The number of nitrogens with zero attached hydrogens (tertiary/aromatic N) is 3. The van der Waals surface area contributed by atoms with E-state index in [1.54, 1.807) is 6.07 Å². The van der Waals surface area contributed by atoms with E-state index in [1.165, 1.54) is 0 Å². The van der Waals surface area contributed by atoms with Crippen molar-refractivity contribution in [2.75, 3.05) is 26.7 Å². The summed E-state index contributed by atoms with van der Waals surface area (Å²) < 4.78 is 0. The van der Waals surface area contributed by atoms with Gasteiger partial charge in [0.05, 0.1) is 6.04 Å². The van der Waals surface area contributed by atoms with Crippen LogP contribution in [0, 0.1) is 0 Å². The summed E-state index contributed by atoms with van der Waals surface area (Å²) in [4.78, 5) is 19.9. The fourth-order valence-corrected chi connectivity index (χ4v) is 4.95. The molecule has 1 saturated heterocycles. The van der Waals surface area contributed by atoms with Crippen molar-refractivity contribution >= 4 is 5.91 Å². The number of phenolic OH excluding ortho intramolecular Hbond substituents is 1. The minimum Gasteiger partial charge on any atom is -0.508 e. The lowest BCUT2D eigenvalue weighted by atomic mass is 9.92. The molecule has 1 N–H and O–H groups in total. The highest BCUT2D eigenvalue weighted by atomic mass is 16.3. The number of carbonyl (C=O) groups is 1. The van der Waals surface area contributed by atoms with Crippen molar-refractivity contribution in [2.45, 2.75) is 50.9 Å². The number of hydrogen-bond acceptors (Lipinski definition) is 4. The van der Waals surface area contributed by atoms with E-state index >= 15 is 0 Å². The van der Waals surface area contributed by atoms with Crippen LogP contribution in [0.25, 0.3) is 0 Å². The van der Waals surface area contributed by atoms with Crippen molar-refractivity contribution in [1.82, 2.24) is 14.7 Å². The molecule has 1 aliphatic heterocycles. The first-order valence-corrected chi connectivity index (χ1v) is 11.7. The van der Waals surface area contributed by atoms with E-state index < -0.39 is 0 Å². The molecule has 5 nitrogen and oxygen atoms in total. The second-order valence-electron chi connectivity index (χ2n) is 9.41. The number of amides is 1. The Hall–Kier alpha value is -2.63. The highest BCUT2D eigenvalue weighted by Gasteiger charge is 2.35. The second kappa shape index (κ2) is 9.47. The Kier molecular flexibility index (Phi) is 6.68. The number of rotatable bonds is 7. The number of piperazine rings is 1. The van der Waals surface area contributed by atoms with Gasteiger partial charge in [0.25, 0.3) is 5.91 Å². The van der Waals surface area contributed by atoms with E-state index in [0.717, 1.165) is 49.2 Å². The first kappa shape index (κ1) is 22.6. The zero-order valence-electron chi connectivity index (χ0n) is 19.4. The SMILES string of the molecule is C=CCN1CC(C)N(C(c2cccc(O)c2)c2cccc(C(=O)N(C)C3CC3)c2)CC1C. The third-order valence-corrected chi connectivity index (χ3v) is 6.91. The predicted octanol–water partition coefficient (Wildman–Crippen LogP) is 4.30. The summed E-state index contributed by atoms with van der Waals surface area (Å²) >= 11 is 0. The standard InChI is InChI=1S/C27H35N3O2/c1-5-14-29-17-20(3)30(18-19(29)2)26(22-9-7-11-25(31)16-22)21-8-6-10-23(15-21)27(32)28(4)24-12-13-24/h5-11,15-16,19-20,24,26,31H,1,12-14,17-18H2,2-4H3. The monoisotopic (exact) mass is 433 g/mol. The Bertz CT molecular complexity index is 971. The lowest BCUT2D eigenvalue weighted by Crippen LogP contribution is -2.57. The number of hydrogen-bond donors (Lipinski definition) is 1. The van der Waals surface area contributed by atoms with Crippen LogP contribution in [-0.4, -0.2) is 70.5 Å². The van der Waals surface area contributed by atoms with E-state index in [4.69, 9.17) is 0 Å². The largest absolute Gasteiger partial charge is 0.508 e. The molecule has 1 aliphatic carbocycles. The highest BCUT2D eigenvalue weighted by molar-refractivity contribution is 5.94. The molecule has 0 bridgehead atoms. The quantitative estimate of drug-likeness (QED) is 0.662. The van der Waals surface area contributed by atoms with E-state index in [1.807, 2.05) is 48.4 Å². The number of carbonyl (C=O) groups excluding carboxylic acids is 1. The number of aromatic hydroxyl groups is 1. The van der Waals surface area contributed by atoms with Crippen LogP contribution in [0.2, 0.25) is 0 Å². The van der Waals surface area contributed by atoms with Crippen LogP contribution < -0.4 is 0 Å². The summed E-state index contributed by atoms with van der Waals surface area (Å²) in [6, 6.07) is 16.6. The fraction of sp³-hybridized carbons (Fsp3) is 0.444. The summed E-state index contributed by atoms with van der Waals surface area (Å²) in [6.45, 7) is 11.2. The van der Waals surface area contributed by atoms with Crippen LogP contribution in [0.4, 0.5) is 0 Å². The van der Waals surface area contributed by atoms with Gasteiger partial charge in [0.1, 0.15) is 5.75 Å². The molecule has 1 heterocycles. The fourth-order valence-electron chi connectivity index (χ4n) is 4.95. The number of benzene rings is 2. The Morgan fingerprint density at radius 3 is 2.47 bits per heavy atom. The third kappa shape index (κ3) is 4.74. The molecule has 2 aromatic rings. The molecule has 2 aromatic carbocycles. The first-order valence-electron chi connectivity index (χ1n) is 11.7. The number of phenols is 1. The minimum atomic E-state index is -0.0376. The van der Waals surface area contributed by atoms with Gasteiger partial charge in [0, 0.05) is 50.4 Å². The second-order valence-corrected chi connectivity index (χ2v) is 9.41. The molecule has 0 radical (unpaired) electrons. The van der Waals surface area contributed by atoms with Crippen LogP contribution in [0.15, 0.2) is 61.2 Å². The van der Waals surface area contributed by atoms with E-state index in [2.05, 4.69) is 42.4 Å². The predicted molar refractivity (Wildman–Crippen MR) is 129 cm³/mol. The minimum absolute atomic E-state index is 0.0376. The van der Waals surface area contributed by atoms with Gasteiger partial charge in [-0.05, 0) is 62.1 Å². The van der Waals surface area contributed by atoms with Gasteiger partial charge in [-0.2, -0.15) is 0 Å². The van der Waals surface area contributed by atoms with Crippen LogP contribution in [0.3, 0.4) is 0 Å². The average molecular weight is 434 g/mol. The maximum Gasteiger partial charge on any atom is 0.253 e. The van der Waals surface area contributed by atoms with Crippen molar-refractivity contribution in [1.29, 1.82) is 0 Å². The zero-order valence-corrected chi connectivity index (χ0v) is 19.4. The average Bonchev–Trinajstić information content (AvgIpc) is 3.62. The maximum absolute atomic E-state index is 13.1. The third-order valence-electron chi connectivity index (χ3n) is 6.91. The lowest BCUT2D eigenvalue weighted by molar-refractivity contribution is 0.0306. The maximum atomic E-state index is 13.1. The summed E-state index contributed by atoms with van der Waals surface area (Å²) in [5, 5.41) is 10.2. The molecule has 2 fully saturated rings. The molecule has 1 amide bonds. The summed E-state index contributed by atoms with van der Waals surface area (Å²) in [5.74, 6) is 0.348. The van der Waals surface area contributed by atoms with Crippen LogP contribution >= 0.6 is 0 Å². The molecule has 0 aromatic heterocycles. The van der Waals surface area contributed by atoms with Gasteiger partial charge in [-0.15, -0.1) is 6.58 Å². The van der Waals surface area contributed by atoms with E-state index in [9.17, 15) is 9.90 Å². The Balaban J connectivity index is 1.70. The Morgan fingerprint density at radius 2 is 1.81 bits per heavy atom. The lowest BCUT2D eigenvalue weighted by Gasteiger charge is -2.47. The van der Waals surface area contributed by atoms with Gasteiger partial charge < -0.3 is 10.0 Å². The van der Waals surface area contributed by atoms with Gasteiger partial charge in [0.2, 0.25) is 0 Å². The first-order chi connectivity index (χ1) is 15.4. The van der Waals surface area contributed by atoms with Crippen LogP contribution in [-0.2, 0) is 0 Å². The summed E-state index contributed by atoms with van der Waals surface area (Å²) in [5.41, 5.74) is 2.86. The van der Waals surface area contributed by atoms with Crippen LogP contribution in [0.5, 0.6) is 5.75 Å². The Morgan fingerprint density at radius 1 is 1.12 bits per heavy atom. The molecule has 3 unspecified atom stereocenters. The smallest absolute Gasteiger partial charge is 0.253 e. The normalized spacial score (nSPS) is 23.0. The molecular formula is C27H35N3O2. The van der Waals surface area contributed by atoms with Gasteiger partial charge in [-0.25, -0.2) is 0 Å². The molecule has 0 spiro atoms. The Labute approximate surface area is 191 Å². The highest BCUT2D eigenvalue weighted by Crippen LogP contribution is 2.35. The van der Waals surface area contributed by atoms with Gasteiger partial charge in [-0.3, -0.25) is 14.6 Å². The van der Waals surface area contributed by atoms with Crippen molar-refractivity contribution in [3.63, 3.8) is 0 Å². The van der Waals surface area contributed by atoms with Gasteiger partial charge >= 0.3 is 0 Å². The zero-order chi connectivity index (χ0) is 22.8. The molecule has 4 rings (SSSR count). The van der Waals surface area contributed by atoms with Gasteiger partial charge in [-0.1, -0.05) is 30.3 Å². The van der Waals surface area contributed by atoms with Crippen molar-refractivity contribution in [2.24, 2.45) is 0 Å². The summed E-state index contributed by atoms with van der Waals surface area (Å²) in [6.07, 6.45) is 4.16.